The minimum absolute atomic E-state index is 0.0441. The third kappa shape index (κ3) is 3.11. The second kappa shape index (κ2) is 6.96. The lowest BCUT2D eigenvalue weighted by Crippen LogP contribution is -2.52. The van der Waals surface area contributed by atoms with Crippen LogP contribution in [0.4, 0.5) is 0 Å². The van der Waals surface area contributed by atoms with Gasteiger partial charge in [0.25, 0.3) is 5.91 Å². The SMILES string of the molecule is Cc1ccc(Cn2nc(C(=O)NC3C4(C)CCC(C4)C3(C)C)c3c2CCCC3)cc1. The third-order valence-electron chi connectivity index (χ3n) is 8.47. The van der Waals surface area contributed by atoms with Crippen molar-refractivity contribution in [3.8, 4) is 0 Å². The van der Waals surface area contributed by atoms with Crippen LogP contribution >= 0.6 is 0 Å². The van der Waals surface area contributed by atoms with Gasteiger partial charge in [0.15, 0.2) is 5.69 Å². The molecule has 0 radical (unpaired) electrons. The van der Waals surface area contributed by atoms with Crippen LogP contribution in [0.3, 0.4) is 0 Å². The maximum Gasteiger partial charge on any atom is 0.272 e. The Morgan fingerprint density at radius 2 is 1.90 bits per heavy atom. The number of nitrogens with zero attached hydrogens (tertiary/aromatic N) is 2. The van der Waals surface area contributed by atoms with E-state index in [4.69, 9.17) is 5.10 Å². The first kappa shape index (κ1) is 19.8. The van der Waals surface area contributed by atoms with E-state index in [1.807, 2.05) is 0 Å². The number of nitrogens with one attached hydrogen (secondary N) is 1. The van der Waals surface area contributed by atoms with Crippen LogP contribution in [0, 0.1) is 23.7 Å². The number of hydrogen-bond acceptors (Lipinski definition) is 2. The predicted octanol–water partition coefficient (Wildman–Crippen LogP) is 5.06. The van der Waals surface area contributed by atoms with Crippen molar-refractivity contribution >= 4 is 5.91 Å². The molecule has 1 N–H and O–H groups in total. The molecule has 1 aromatic heterocycles. The Hall–Kier alpha value is -2.10. The molecule has 2 aromatic rings. The summed E-state index contributed by atoms with van der Waals surface area (Å²) >= 11 is 0. The maximum atomic E-state index is 13.5. The van der Waals surface area contributed by atoms with Gasteiger partial charge in [-0.05, 0) is 74.2 Å². The predicted molar refractivity (Wildman–Crippen MR) is 120 cm³/mol. The first-order chi connectivity index (χ1) is 14.3. The molecule has 4 heteroatoms. The highest BCUT2D eigenvalue weighted by Gasteiger charge is 2.59. The van der Waals surface area contributed by atoms with Crippen molar-refractivity contribution in [3.63, 3.8) is 0 Å². The highest BCUT2D eigenvalue weighted by atomic mass is 16.2. The second-order valence-electron chi connectivity index (χ2n) is 10.9. The van der Waals surface area contributed by atoms with E-state index in [1.54, 1.807) is 0 Å². The van der Waals surface area contributed by atoms with Crippen molar-refractivity contribution in [2.45, 2.75) is 85.2 Å². The van der Waals surface area contributed by atoms with Crippen molar-refractivity contribution in [1.29, 1.82) is 0 Å². The highest BCUT2D eigenvalue weighted by molar-refractivity contribution is 5.94. The molecule has 0 saturated heterocycles. The number of fused-ring (bicyclic) bond motifs is 3. The summed E-state index contributed by atoms with van der Waals surface area (Å²) in [5, 5.41) is 8.37. The molecule has 3 aliphatic rings. The van der Waals surface area contributed by atoms with E-state index >= 15 is 0 Å². The van der Waals surface area contributed by atoms with Crippen molar-refractivity contribution in [1.82, 2.24) is 15.1 Å². The summed E-state index contributed by atoms with van der Waals surface area (Å²) < 4.78 is 2.10. The molecule has 1 heterocycles. The Morgan fingerprint density at radius 3 is 2.60 bits per heavy atom. The van der Waals surface area contributed by atoms with Crippen LogP contribution in [-0.4, -0.2) is 21.7 Å². The van der Waals surface area contributed by atoms with Gasteiger partial charge in [0.1, 0.15) is 0 Å². The monoisotopic (exact) mass is 405 g/mol. The van der Waals surface area contributed by atoms with Crippen molar-refractivity contribution in [2.24, 2.45) is 16.7 Å². The number of carbonyl (C=O) groups excluding carboxylic acids is 1. The van der Waals surface area contributed by atoms with Gasteiger partial charge in [-0.1, -0.05) is 50.6 Å². The Labute approximate surface area is 180 Å². The van der Waals surface area contributed by atoms with E-state index < -0.39 is 0 Å². The third-order valence-corrected chi connectivity index (χ3v) is 8.47. The van der Waals surface area contributed by atoms with Gasteiger partial charge in [-0.25, -0.2) is 0 Å². The van der Waals surface area contributed by atoms with Crippen LogP contribution in [0.1, 0.15) is 85.7 Å². The van der Waals surface area contributed by atoms with Gasteiger partial charge >= 0.3 is 0 Å². The highest BCUT2D eigenvalue weighted by Crippen LogP contribution is 2.62. The fraction of sp³-hybridized carbons (Fsp3) is 0.615. The molecule has 3 atom stereocenters. The summed E-state index contributed by atoms with van der Waals surface area (Å²) in [7, 11) is 0. The first-order valence-electron chi connectivity index (χ1n) is 11.7. The number of aromatic nitrogens is 2. The smallest absolute Gasteiger partial charge is 0.272 e. The number of amides is 1. The average molecular weight is 406 g/mol. The van der Waals surface area contributed by atoms with E-state index in [0.29, 0.717) is 5.69 Å². The number of hydrogen-bond donors (Lipinski definition) is 1. The van der Waals surface area contributed by atoms with E-state index in [2.05, 4.69) is 62.0 Å². The van der Waals surface area contributed by atoms with Crippen molar-refractivity contribution in [3.05, 3.63) is 52.3 Å². The lowest BCUT2D eigenvalue weighted by Gasteiger charge is -2.43. The second-order valence-corrected chi connectivity index (χ2v) is 10.9. The Kier molecular flexibility index (Phi) is 4.61. The molecule has 2 bridgehead atoms. The topological polar surface area (TPSA) is 46.9 Å². The Balaban J connectivity index is 1.43. The zero-order valence-corrected chi connectivity index (χ0v) is 18.9. The lowest BCUT2D eigenvalue weighted by atomic mass is 9.68. The molecule has 1 aromatic carbocycles. The summed E-state index contributed by atoms with van der Waals surface area (Å²) in [5.74, 6) is 0.767. The summed E-state index contributed by atoms with van der Waals surface area (Å²) in [6.45, 7) is 9.92. The van der Waals surface area contributed by atoms with Gasteiger partial charge in [0.05, 0.1) is 6.54 Å². The van der Waals surface area contributed by atoms with Gasteiger partial charge in [-0.2, -0.15) is 5.10 Å². The molecule has 0 spiro atoms. The molecule has 160 valence electrons. The van der Waals surface area contributed by atoms with Gasteiger partial charge in [-0.3, -0.25) is 9.48 Å². The zero-order chi connectivity index (χ0) is 21.1. The minimum Gasteiger partial charge on any atom is -0.347 e. The van der Waals surface area contributed by atoms with E-state index in [1.165, 1.54) is 48.1 Å². The molecule has 0 aliphatic heterocycles. The molecule has 3 unspecified atom stereocenters. The molecule has 1 amide bonds. The van der Waals surface area contributed by atoms with Crippen LogP contribution in [0.25, 0.3) is 0 Å². The van der Waals surface area contributed by atoms with Gasteiger partial charge in [0.2, 0.25) is 0 Å². The number of carbonyl (C=O) groups is 1. The van der Waals surface area contributed by atoms with Crippen LogP contribution in [0.2, 0.25) is 0 Å². The number of aryl methyl sites for hydroxylation is 1. The molecule has 30 heavy (non-hydrogen) atoms. The average Bonchev–Trinajstić information content (AvgIpc) is 3.34. The van der Waals surface area contributed by atoms with Gasteiger partial charge in [0, 0.05) is 17.3 Å². The minimum atomic E-state index is 0.0441. The summed E-state index contributed by atoms with van der Waals surface area (Å²) in [4.78, 5) is 13.5. The molecular weight excluding hydrogens is 370 g/mol. The summed E-state index contributed by atoms with van der Waals surface area (Å²) in [6.07, 6.45) is 8.10. The molecule has 5 rings (SSSR count). The summed E-state index contributed by atoms with van der Waals surface area (Å²) in [5.41, 5.74) is 6.04. The number of benzene rings is 1. The molecule has 3 aliphatic carbocycles. The largest absolute Gasteiger partial charge is 0.347 e. The summed E-state index contributed by atoms with van der Waals surface area (Å²) in [6, 6.07) is 8.88. The van der Waals surface area contributed by atoms with Crippen molar-refractivity contribution < 1.29 is 4.79 Å². The van der Waals surface area contributed by atoms with Crippen LogP contribution in [0.5, 0.6) is 0 Å². The van der Waals surface area contributed by atoms with Crippen molar-refractivity contribution in [2.75, 3.05) is 0 Å². The van der Waals surface area contributed by atoms with Gasteiger partial charge in [-0.15, -0.1) is 0 Å². The van der Waals surface area contributed by atoms with E-state index in [-0.39, 0.29) is 22.8 Å². The molecular formula is C26H35N3O. The normalized spacial score (nSPS) is 29.1. The number of rotatable bonds is 4. The Morgan fingerprint density at radius 1 is 1.17 bits per heavy atom. The standard InChI is InChI=1S/C26H35N3O/c1-17-9-11-18(12-10-17)16-29-21-8-6-5-7-20(21)22(28-29)23(30)27-24-25(2,3)19-13-14-26(24,4)15-19/h9-12,19,24H,5-8,13-16H2,1-4H3,(H,27,30). The first-order valence-corrected chi connectivity index (χ1v) is 11.7. The fourth-order valence-corrected chi connectivity index (χ4v) is 6.71. The van der Waals surface area contributed by atoms with Crippen LogP contribution < -0.4 is 5.32 Å². The van der Waals surface area contributed by atoms with E-state index in [9.17, 15) is 4.79 Å². The molecule has 4 nitrogen and oxygen atoms in total. The van der Waals surface area contributed by atoms with Gasteiger partial charge < -0.3 is 5.32 Å². The zero-order valence-electron chi connectivity index (χ0n) is 18.9. The fourth-order valence-electron chi connectivity index (χ4n) is 6.71. The molecule has 2 saturated carbocycles. The molecule has 2 fully saturated rings. The quantitative estimate of drug-likeness (QED) is 0.772. The Bertz CT molecular complexity index is 966. The lowest BCUT2D eigenvalue weighted by molar-refractivity contribution is 0.0731. The van der Waals surface area contributed by atoms with Crippen LogP contribution in [0.15, 0.2) is 24.3 Å². The van der Waals surface area contributed by atoms with Crippen LogP contribution in [-0.2, 0) is 19.4 Å². The van der Waals surface area contributed by atoms with E-state index in [0.717, 1.165) is 31.7 Å². The maximum absolute atomic E-state index is 13.5.